The average molecular weight is 396 g/mol. The van der Waals surface area contributed by atoms with Gasteiger partial charge in [0.2, 0.25) is 0 Å². The minimum atomic E-state index is -0.573. The van der Waals surface area contributed by atoms with Gasteiger partial charge in [-0.15, -0.1) is 0 Å². The maximum atomic E-state index is 14.5. The third-order valence-electron chi connectivity index (χ3n) is 5.56. The van der Waals surface area contributed by atoms with Gasteiger partial charge in [-0.1, -0.05) is 13.3 Å². The average Bonchev–Trinajstić information content (AvgIpc) is 3.08. The summed E-state index contributed by atoms with van der Waals surface area (Å²) < 4.78 is 14.5. The van der Waals surface area contributed by atoms with E-state index in [4.69, 9.17) is 0 Å². The highest BCUT2D eigenvalue weighted by Crippen LogP contribution is 2.30. The Morgan fingerprint density at radius 1 is 1.38 bits per heavy atom. The number of aromatic nitrogens is 1. The highest BCUT2D eigenvalue weighted by molar-refractivity contribution is 6.11. The van der Waals surface area contributed by atoms with Crippen molar-refractivity contribution in [3.63, 3.8) is 0 Å². The number of rotatable bonds is 4. The van der Waals surface area contributed by atoms with E-state index in [1.165, 1.54) is 12.1 Å². The van der Waals surface area contributed by atoms with Gasteiger partial charge in [-0.25, -0.2) is 9.37 Å². The molecule has 0 bridgehead atoms. The van der Waals surface area contributed by atoms with E-state index in [0.29, 0.717) is 36.6 Å². The van der Waals surface area contributed by atoms with Crippen molar-refractivity contribution in [2.45, 2.75) is 39.3 Å². The van der Waals surface area contributed by atoms with Gasteiger partial charge in [-0.2, -0.15) is 0 Å². The highest BCUT2D eigenvalue weighted by atomic mass is 19.1. The molecule has 2 aliphatic heterocycles. The molecule has 3 heterocycles. The Kier molecular flexibility index (Phi) is 5.32. The zero-order valence-corrected chi connectivity index (χ0v) is 16.7. The van der Waals surface area contributed by atoms with Crippen LogP contribution in [0, 0.1) is 5.82 Å². The fourth-order valence-corrected chi connectivity index (χ4v) is 4.13. The predicted octanol–water partition coefficient (Wildman–Crippen LogP) is 3.13. The van der Waals surface area contributed by atoms with Gasteiger partial charge >= 0.3 is 0 Å². The van der Waals surface area contributed by atoms with Gasteiger partial charge in [0.25, 0.3) is 5.91 Å². The summed E-state index contributed by atoms with van der Waals surface area (Å²) in [5.41, 5.74) is 3.41. The molecular weight excluding hydrogens is 371 g/mol. The summed E-state index contributed by atoms with van der Waals surface area (Å²) in [4.78, 5) is 24.4. The van der Waals surface area contributed by atoms with E-state index in [-0.39, 0.29) is 23.3 Å². The lowest BCUT2D eigenvalue weighted by molar-refractivity contribution is 0.0699. The van der Waals surface area contributed by atoms with Gasteiger partial charge in [-0.05, 0) is 31.5 Å². The molecule has 0 saturated carbocycles. The normalized spacial score (nSPS) is 18.5. The molecule has 1 amide bonds. The molecule has 2 aliphatic rings. The van der Waals surface area contributed by atoms with E-state index in [0.717, 1.165) is 36.7 Å². The molecule has 1 atom stereocenters. The molecule has 2 N–H and O–H groups in total. The molecule has 1 saturated heterocycles. The number of halogens is 1. The first kappa shape index (κ1) is 19.5. The molecule has 0 unspecified atom stereocenters. The van der Waals surface area contributed by atoms with Crippen molar-refractivity contribution >= 4 is 11.6 Å². The summed E-state index contributed by atoms with van der Waals surface area (Å²) in [6.07, 6.45) is 2.07. The van der Waals surface area contributed by atoms with Crippen LogP contribution in [-0.2, 0) is 6.54 Å². The van der Waals surface area contributed by atoms with Crippen LogP contribution in [0.4, 0.5) is 4.39 Å². The molecule has 6 nitrogen and oxygen atoms in total. The van der Waals surface area contributed by atoms with E-state index >= 15 is 0 Å². The van der Waals surface area contributed by atoms with Crippen molar-refractivity contribution < 1.29 is 14.3 Å². The van der Waals surface area contributed by atoms with Gasteiger partial charge in [0.1, 0.15) is 11.6 Å². The van der Waals surface area contributed by atoms with Gasteiger partial charge in [0.15, 0.2) is 0 Å². The van der Waals surface area contributed by atoms with Crippen LogP contribution in [0.3, 0.4) is 0 Å². The van der Waals surface area contributed by atoms with E-state index in [2.05, 4.69) is 22.2 Å². The van der Waals surface area contributed by atoms with Crippen molar-refractivity contribution in [1.29, 1.82) is 0 Å². The van der Waals surface area contributed by atoms with Crippen molar-refractivity contribution in [2.24, 2.45) is 4.99 Å². The van der Waals surface area contributed by atoms with Gasteiger partial charge in [0.05, 0.1) is 23.5 Å². The number of hydrogen-bond donors (Lipinski definition) is 2. The summed E-state index contributed by atoms with van der Waals surface area (Å²) in [5, 5.41) is 13.0. The first-order valence-corrected chi connectivity index (χ1v) is 10.0. The van der Waals surface area contributed by atoms with Crippen LogP contribution in [0.5, 0.6) is 5.75 Å². The molecule has 0 aliphatic carbocycles. The number of nitrogens with one attached hydrogen (secondary N) is 1. The number of aliphatic imine (C=N–C) groups is 1. The van der Waals surface area contributed by atoms with Crippen molar-refractivity contribution in [2.75, 3.05) is 19.6 Å². The predicted molar refractivity (Wildman–Crippen MR) is 110 cm³/mol. The largest absolute Gasteiger partial charge is 0.508 e. The molecule has 2 aromatic rings. The number of fused-ring (bicyclic) bond motifs is 1. The Balaban J connectivity index is 1.75. The van der Waals surface area contributed by atoms with Crippen molar-refractivity contribution in [1.82, 2.24) is 15.2 Å². The first-order valence-electron chi connectivity index (χ1n) is 10.0. The minimum Gasteiger partial charge on any atom is -0.508 e. The number of phenolic OH excluding ortho intramolecular Hbond substituents is 1. The summed E-state index contributed by atoms with van der Waals surface area (Å²) in [7, 11) is 0. The third kappa shape index (κ3) is 3.74. The van der Waals surface area contributed by atoms with Crippen LogP contribution >= 0.6 is 0 Å². The maximum Gasteiger partial charge on any atom is 0.254 e. The molecule has 1 aromatic carbocycles. The number of benzene rings is 1. The van der Waals surface area contributed by atoms with Crippen LogP contribution < -0.4 is 5.32 Å². The van der Waals surface area contributed by atoms with E-state index in [1.807, 2.05) is 11.8 Å². The van der Waals surface area contributed by atoms with Crippen LogP contribution in [0.1, 0.15) is 48.3 Å². The molecule has 152 valence electrons. The topological polar surface area (TPSA) is 77.8 Å². The molecule has 0 spiro atoms. The number of phenols is 1. The molecule has 0 radical (unpaired) electrons. The lowest BCUT2D eigenvalue weighted by Gasteiger charge is -2.34. The van der Waals surface area contributed by atoms with Gasteiger partial charge in [0, 0.05) is 48.6 Å². The Bertz CT molecular complexity index is 987. The smallest absolute Gasteiger partial charge is 0.254 e. The quantitative estimate of drug-likeness (QED) is 0.832. The molecule has 29 heavy (non-hydrogen) atoms. The van der Waals surface area contributed by atoms with E-state index in [1.54, 1.807) is 6.07 Å². The summed E-state index contributed by atoms with van der Waals surface area (Å²) in [5.74, 6) is -0.787. The first-order chi connectivity index (χ1) is 14.0. The zero-order valence-electron chi connectivity index (χ0n) is 16.7. The van der Waals surface area contributed by atoms with Crippen molar-refractivity contribution in [3.05, 3.63) is 46.9 Å². The van der Waals surface area contributed by atoms with Gasteiger partial charge in [-0.3, -0.25) is 9.79 Å². The number of amides is 1. The number of carbonyl (C=O) groups excluding carboxylic acids is 1. The summed E-state index contributed by atoms with van der Waals surface area (Å²) >= 11 is 0. The monoisotopic (exact) mass is 396 g/mol. The Morgan fingerprint density at radius 3 is 2.97 bits per heavy atom. The summed E-state index contributed by atoms with van der Waals surface area (Å²) in [6, 6.07) is 5.91. The minimum absolute atomic E-state index is 0.0665. The Labute approximate surface area is 169 Å². The van der Waals surface area contributed by atoms with Crippen LogP contribution in [0.2, 0.25) is 0 Å². The molecule has 7 heteroatoms. The second-order valence-corrected chi connectivity index (χ2v) is 7.63. The molecular formula is C22H25FN4O2. The van der Waals surface area contributed by atoms with Gasteiger partial charge < -0.3 is 15.3 Å². The molecule has 1 aromatic heterocycles. The third-order valence-corrected chi connectivity index (χ3v) is 5.56. The fourth-order valence-electron chi connectivity index (χ4n) is 4.13. The Hall–Kier alpha value is -2.80. The number of piperazine rings is 1. The number of nitrogens with zero attached hydrogens (tertiary/aromatic N) is 3. The standard InChI is InChI=1S/C22H25FN4O2/c1-3-4-14-12-27(8-7-24-14)22(29)17-10-19(16-6-5-15(28)9-18(16)23)26-20-11-25-13(2)21(17)20/h5-6,9-10,14,24,28H,3-4,7-8,11-12H2,1-2H3/t14-/m0/s1. The van der Waals surface area contributed by atoms with Crippen LogP contribution in [-0.4, -0.2) is 52.3 Å². The number of carbonyl (C=O) groups is 1. The lowest BCUT2D eigenvalue weighted by Crippen LogP contribution is -2.52. The second kappa shape index (κ2) is 7.91. The SMILES string of the molecule is CCC[C@H]1CN(C(=O)c2cc(-c3ccc(O)cc3F)nc3c2C(C)=NC3)CCN1. The fraction of sp³-hybridized carbons (Fsp3) is 0.409. The van der Waals surface area contributed by atoms with Crippen LogP contribution in [0.25, 0.3) is 11.3 Å². The number of pyridine rings is 1. The maximum absolute atomic E-state index is 14.5. The Morgan fingerprint density at radius 2 is 2.21 bits per heavy atom. The highest BCUT2D eigenvalue weighted by Gasteiger charge is 2.29. The summed E-state index contributed by atoms with van der Waals surface area (Å²) in [6.45, 7) is 6.45. The van der Waals surface area contributed by atoms with Crippen LogP contribution in [0.15, 0.2) is 29.3 Å². The molecule has 1 fully saturated rings. The second-order valence-electron chi connectivity index (χ2n) is 7.63. The lowest BCUT2D eigenvalue weighted by atomic mass is 9.98. The number of aromatic hydroxyl groups is 1. The van der Waals surface area contributed by atoms with E-state index < -0.39 is 5.82 Å². The zero-order chi connectivity index (χ0) is 20.5. The number of hydrogen-bond acceptors (Lipinski definition) is 5. The van der Waals surface area contributed by atoms with Crippen molar-refractivity contribution in [3.8, 4) is 17.0 Å². The van der Waals surface area contributed by atoms with E-state index in [9.17, 15) is 14.3 Å². The molecule has 4 rings (SSSR count).